The Bertz CT molecular complexity index is 389. The predicted molar refractivity (Wildman–Crippen MR) is 71.9 cm³/mol. The third kappa shape index (κ3) is 3.01. The van der Waals surface area contributed by atoms with Gasteiger partial charge in [0.1, 0.15) is 5.75 Å². The fraction of sp³-hybridized carbons (Fsp3) is 0.600. The van der Waals surface area contributed by atoms with Crippen LogP contribution < -0.4 is 4.74 Å². The van der Waals surface area contributed by atoms with Gasteiger partial charge in [-0.05, 0) is 23.5 Å². The molecule has 2 nitrogen and oxygen atoms in total. The second kappa shape index (κ2) is 5.09. The lowest BCUT2D eigenvalue weighted by molar-refractivity contribution is 0.272. The zero-order chi connectivity index (χ0) is 13.2. The highest BCUT2D eigenvalue weighted by Crippen LogP contribution is 2.36. The van der Waals surface area contributed by atoms with Gasteiger partial charge >= 0.3 is 0 Å². The molecule has 0 aliphatic heterocycles. The molecule has 0 fully saturated rings. The van der Waals surface area contributed by atoms with Gasteiger partial charge in [0.25, 0.3) is 0 Å². The number of aliphatic hydroxyl groups excluding tert-OH is 1. The summed E-state index contributed by atoms with van der Waals surface area (Å²) >= 11 is 0. The molecule has 1 unspecified atom stereocenters. The highest BCUT2D eigenvalue weighted by atomic mass is 16.5. The van der Waals surface area contributed by atoms with Gasteiger partial charge < -0.3 is 9.84 Å². The van der Waals surface area contributed by atoms with Crippen LogP contribution in [-0.2, 0) is 5.41 Å². The van der Waals surface area contributed by atoms with Gasteiger partial charge in [-0.15, -0.1) is 0 Å². The molecule has 1 N–H and O–H groups in total. The van der Waals surface area contributed by atoms with Crippen LogP contribution in [0.3, 0.4) is 0 Å². The van der Waals surface area contributed by atoms with Gasteiger partial charge in [-0.25, -0.2) is 0 Å². The van der Waals surface area contributed by atoms with Crippen LogP contribution in [0.2, 0.25) is 0 Å². The fourth-order valence-electron chi connectivity index (χ4n) is 2.02. The van der Waals surface area contributed by atoms with Crippen LogP contribution in [0.5, 0.6) is 5.75 Å². The van der Waals surface area contributed by atoms with Gasteiger partial charge in [-0.3, -0.25) is 0 Å². The molecular weight excluding hydrogens is 212 g/mol. The third-order valence-electron chi connectivity index (χ3n) is 3.15. The van der Waals surface area contributed by atoms with Crippen molar-refractivity contribution < 1.29 is 9.84 Å². The van der Waals surface area contributed by atoms with E-state index in [-0.39, 0.29) is 17.9 Å². The van der Waals surface area contributed by atoms with Gasteiger partial charge in [0, 0.05) is 18.1 Å². The zero-order valence-electron chi connectivity index (χ0n) is 11.8. The Morgan fingerprint density at radius 3 is 2.29 bits per heavy atom. The summed E-state index contributed by atoms with van der Waals surface area (Å²) in [6.07, 6.45) is 0. The molecule has 0 amide bonds. The molecule has 0 bridgehead atoms. The first-order chi connectivity index (χ1) is 7.81. The van der Waals surface area contributed by atoms with Gasteiger partial charge in [-0.2, -0.15) is 0 Å². The lowest BCUT2D eigenvalue weighted by Gasteiger charge is -2.25. The zero-order valence-corrected chi connectivity index (χ0v) is 11.8. The average Bonchev–Trinajstić information content (AvgIpc) is 2.25. The first kappa shape index (κ1) is 14.0. The molecule has 0 saturated carbocycles. The predicted octanol–water partition coefficient (Wildman–Crippen LogP) is 3.40. The maximum atomic E-state index is 9.27. The van der Waals surface area contributed by atoms with E-state index in [1.807, 2.05) is 6.92 Å². The highest BCUT2D eigenvalue weighted by molar-refractivity contribution is 5.48. The molecule has 1 atom stereocenters. The second-order valence-corrected chi connectivity index (χ2v) is 5.75. The number of rotatable bonds is 3. The van der Waals surface area contributed by atoms with E-state index in [0.29, 0.717) is 0 Å². The van der Waals surface area contributed by atoms with Crippen LogP contribution in [-0.4, -0.2) is 18.8 Å². The summed E-state index contributed by atoms with van der Waals surface area (Å²) < 4.78 is 5.51. The van der Waals surface area contributed by atoms with Crippen molar-refractivity contribution in [2.75, 3.05) is 13.7 Å². The van der Waals surface area contributed by atoms with Crippen molar-refractivity contribution in [2.45, 2.75) is 46.0 Å². The number of benzene rings is 1. The number of ether oxygens (including phenoxy) is 1. The minimum atomic E-state index is 0.0429. The molecular formula is C15H24O2. The lowest BCUT2D eigenvalue weighted by Crippen LogP contribution is -2.15. The summed E-state index contributed by atoms with van der Waals surface area (Å²) in [5.41, 5.74) is 3.56. The first-order valence-corrected chi connectivity index (χ1v) is 6.11. The van der Waals surface area contributed by atoms with Crippen molar-refractivity contribution >= 4 is 0 Å². The molecule has 0 aromatic heterocycles. The van der Waals surface area contributed by atoms with Gasteiger partial charge in [-0.1, -0.05) is 39.8 Å². The molecule has 17 heavy (non-hydrogen) atoms. The van der Waals surface area contributed by atoms with Gasteiger partial charge in [0.2, 0.25) is 0 Å². The normalized spacial score (nSPS) is 13.6. The van der Waals surface area contributed by atoms with E-state index in [1.165, 1.54) is 11.1 Å². The summed E-state index contributed by atoms with van der Waals surface area (Å²) in [5.74, 6) is 1.13. The summed E-state index contributed by atoms with van der Waals surface area (Å²) in [4.78, 5) is 0. The van der Waals surface area contributed by atoms with E-state index in [2.05, 4.69) is 39.8 Å². The van der Waals surface area contributed by atoms with Crippen molar-refractivity contribution in [1.29, 1.82) is 0 Å². The highest BCUT2D eigenvalue weighted by Gasteiger charge is 2.22. The van der Waals surface area contributed by atoms with Crippen LogP contribution >= 0.6 is 0 Å². The molecule has 0 radical (unpaired) electrons. The second-order valence-electron chi connectivity index (χ2n) is 5.75. The van der Waals surface area contributed by atoms with E-state index in [0.717, 1.165) is 11.3 Å². The monoisotopic (exact) mass is 236 g/mol. The van der Waals surface area contributed by atoms with Crippen LogP contribution in [0, 0.1) is 6.92 Å². The van der Waals surface area contributed by atoms with E-state index in [1.54, 1.807) is 7.11 Å². The Balaban J connectivity index is 3.39. The van der Waals surface area contributed by atoms with Gasteiger partial charge in [0.15, 0.2) is 0 Å². The molecule has 0 aliphatic rings. The molecule has 1 rings (SSSR count). The fourth-order valence-corrected chi connectivity index (χ4v) is 2.02. The average molecular weight is 236 g/mol. The minimum Gasteiger partial charge on any atom is -0.496 e. The van der Waals surface area contributed by atoms with Crippen LogP contribution in [0.1, 0.15) is 50.3 Å². The van der Waals surface area contributed by atoms with Gasteiger partial charge in [0.05, 0.1) is 7.11 Å². The SMILES string of the molecule is COc1c(C)cc(C(C)CO)cc1C(C)(C)C. The number of aliphatic hydroxyl groups is 1. The van der Waals surface area contributed by atoms with Crippen LogP contribution in [0.15, 0.2) is 12.1 Å². The van der Waals surface area contributed by atoms with E-state index >= 15 is 0 Å². The summed E-state index contributed by atoms with van der Waals surface area (Å²) in [7, 11) is 1.71. The van der Waals surface area contributed by atoms with E-state index in [9.17, 15) is 5.11 Å². The third-order valence-corrected chi connectivity index (χ3v) is 3.15. The van der Waals surface area contributed by atoms with Crippen molar-refractivity contribution in [2.24, 2.45) is 0 Å². The maximum absolute atomic E-state index is 9.27. The summed E-state index contributed by atoms with van der Waals surface area (Å²) in [6.45, 7) is 10.8. The number of hydrogen-bond acceptors (Lipinski definition) is 2. The van der Waals surface area contributed by atoms with Crippen molar-refractivity contribution in [1.82, 2.24) is 0 Å². The Hall–Kier alpha value is -1.02. The van der Waals surface area contributed by atoms with Crippen LogP contribution in [0.25, 0.3) is 0 Å². The smallest absolute Gasteiger partial charge is 0.125 e. The Kier molecular flexibility index (Phi) is 4.21. The largest absolute Gasteiger partial charge is 0.496 e. The minimum absolute atomic E-state index is 0.0429. The Labute approximate surface area is 105 Å². The van der Waals surface area contributed by atoms with Crippen LogP contribution in [0.4, 0.5) is 0 Å². The Morgan fingerprint density at radius 2 is 1.88 bits per heavy atom. The molecule has 0 aliphatic carbocycles. The van der Waals surface area contributed by atoms with Crippen molar-refractivity contribution in [3.8, 4) is 5.75 Å². The molecule has 1 aromatic carbocycles. The molecule has 96 valence electrons. The Morgan fingerprint density at radius 1 is 1.29 bits per heavy atom. The standard InChI is InChI=1S/C15H24O2/c1-10-7-12(11(2)9-16)8-13(14(10)17-6)15(3,4)5/h7-8,11,16H,9H2,1-6H3. The van der Waals surface area contributed by atoms with E-state index in [4.69, 9.17) is 4.74 Å². The van der Waals surface area contributed by atoms with Crippen molar-refractivity contribution in [3.05, 3.63) is 28.8 Å². The lowest BCUT2D eigenvalue weighted by atomic mass is 9.82. The molecule has 1 aromatic rings. The number of hydrogen-bond donors (Lipinski definition) is 1. The molecule has 0 heterocycles. The molecule has 0 spiro atoms. The molecule has 2 heteroatoms. The number of methoxy groups -OCH3 is 1. The number of aryl methyl sites for hydroxylation is 1. The van der Waals surface area contributed by atoms with Crippen molar-refractivity contribution in [3.63, 3.8) is 0 Å². The summed E-state index contributed by atoms with van der Waals surface area (Å²) in [5, 5.41) is 9.27. The van der Waals surface area contributed by atoms with E-state index < -0.39 is 0 Å². The maximum Gasteiger partial charge on any atom is 0.125 e. The topological polar surface area (TPSA) is 29.5 Å². The first-order valence-electron chi connectivity index (χ1n) is 6.11. The quantitative estimate of drug-likeness (QED) is 0.871. The molecule has 0 saturated heterocycles. The summed E-state index contributed by atoms with van der Waals surface area (Å²) in [6, 6.07) is 4.27.